The van der Waals surface area contributed by atoms with Crippen LogP contribution in [0.2, 0.25) is 0 Å². The summed E-state index contributed by atoms with van der Waals surface area (Å²) in [5.74, 6) is 0.586. The van der Waals surface area contributed by atoms with E-state index in [4.69, 9.17) is 0 Å². The highest BCUT2D eigenvalue weighted by molar-refractivity contribution is 7.15. The van der Waals surface area contributed by atoms with Crippen molar-refractivity contribution in [2.45, 2.75) is 33.1 Å². The van der Waals surface area contributed by atoms with Gasteiger partial charge in [0.05, 0.1) is 4.53 Å². The van der Waals surface area contributed by atoms with Crippen molar-refractivity contribution in [1.82, 2.24) is 14.6 Å². The molecule has 0 saturated heterocycles. The lowest BCUT2D eigenvalue weighted by molar-refractivity contribution is 0.590. The summed E-state index contributed by atoms with van der Waals surface area (Å²) in [6, 6.07) is 16.3. The fourth-order valence-electron chi connectivity index (χ4n) is 2.97. The van der Waals surface area contributed by atoms with Gasteiger partial charge in [-0.3, -0.25) is 4.79 Å². The highest BCUT2D eigenvalue weighted by atomic mass is 32.1. The second kappa shape index (κ2) is 6.43. The van der Waals surface area contributed by atoms with Gasteiger partial charge in [0, 0.05) is 5.56 Å². The number of rotatable bonds is 2. The lowest BCUT2D eigenvalue weighted by Gasteiger charge is -2.18. The molecule has 0 amide bonds. The Morgan fingerprint density at radius 3 is 2.44 bits per heavy atom. The average molecular weight is 375 g/mol. The van der Waals surface area contributed by atoms with Gasteiger partial charge in [0.2, 0.25) is 4.96 Å². The molecular formula is C22H21N3OS. The van der Waals surface area contributed by atoms with Crippen molar-refractivity contribution in [3.63, 3.8) is 0 Å². The largest absolute Gasteiger partial charge is 0.291 e. The van der Waals surface area contributed by atoms with Gasteiger partial charge in [-0.05, 0) is 35.6 Å². The minimum absolute atomic E-state index is 0.113. The van der Waals surface area contributed by atoms with E-state index in [0.29, 0.717) is 15.3 Å². The minimum Gasteiger partial charge on any atom is -0.266 e. The van der Waals surface area contributed by atoms with Crippen LogP contribution < -0.4 is 10.1 Å². The molecule has 5 heteroatoms. The molecule has 0 aliphatic heterocycles. The van der Waals surface area contributed by atoms with Crippen LogP contribution in [-0.2, 0) is 5.41 Å². The van der Waals surface area contributed by atoms with Gasteiger partial charge in [-0.15, -0.1) is 5.10 Å². The third-order valence-electron chi connectivity index (χ3n) is 4.53. The van der Waals surface area contributed by atoms with Gasteiger partial charge in [0.15, 0.2) is 5.82 Å². The van der Waals surface area contributed by atoms with E-state index in [1.807, 2.05) is 49.4 Å². The van der Waals surface area contributed by atoms with Gasteiger partial charge < -0.3 is 0 Å². The highest BCUT2D eigenvalue weighted by Gasteiger charge is 2.14. The molecule has 2 heterocycles. The zero-order chi connectivity index (χ0) is 19.2. The van der Waals surface area contributed by atoms with Crippen molar-refractivity contribution < 1.29 is 0 Å². The summed E-state index contributed by atoms with van der Waals surface area (Å²) in [6.07, 6.45) is 1.90. The smallest absolute Gasteiger partial charge is 0.266 e. The summed E-state index contributed by atoms with van der Waals surface area (Å²) in [6.45, 7) is 8.59. The number of hydrogen-bond acceptors (Lipinski definition) is 4. The van der Waals surface area contributed by atoms with Crippen LogP contribution in [0.15, 0.2) is 53.3 Å². The molecule has 2 aromatic carbocycles. The molecule has 4 rings (SSSR count). The molecule has 0 fully saturated rings. The first kappa shape index (κ1) is 17.6. The Hall–Kier alpha value is -2.79. The van der Waals surface area contributed by atoms with Crippen LogP contribution in [0.4, 0.5) is 0 Å². The molecule has 2 aromatic heterocycles. The molecule has 0 spiro atoms. The molecule has 0 atom stereocenters. The maximum Gasteiger partial charge on any atom is 0.291 e. The van der Waals surface area contributed by atoms with Crippen LogP contribution in [0.5, 0.6) is 0 Å². The Balaban J connectivity index is 1.73. The lowest BCUT2D eigenvalue weighted by Crippen LogP contribution is -2.23. The first-order valence-corrected chi connectivity index (χ1v) is 9.72. The molecule has 0 N–H and O–H groups in total. The molecule has 0 saturated carbocycles. The monoisotopic (exact) mass is 375 g/mol. The van der Waals surface area contributed by atoms with Gasteiger partial charge in [0.25, 0.3) is 5.56 Å². The molecule has 0 unspecified atom stereocenters. The van der Waals surface area contributed by atoms with Crippen LogP contribution >= 0.6 is 11.3 Å². The fourth-order valence-corrected chi connectivity index (χ4v) is 3.88. The number of hydrogen-bond donors (Lipinski definition) is 0. The lowest BCUT2D eigenvalue weighted by atomic mass is 9.87. The summed E-state index contributed by atoms with van der Waals surface area (Å²) in [4.78, 5) is 17.9. The molecule has 0 aliphatic rings. The molecule has 0 radical (unpaired) electrons. The van der Waals surface area contributed by atoms with Crippen molar-refractivity contribution in [3.05, 3.63) is 80.1 Å². The highest BCUT2D eigenvalue weighted by Crippen LogP contribution is 2.22. The summed E-state index contributed by atoms with van der Waals surface area (Å²) in [5.41, 5.74) is 4.33. The molecule has 0 aliphatic carbocycles. The number of fused-ring (bicyclic) bond motifs is 1. The summed E-state index contributed by atoms with van der Waals surface area (Å²) >= 11 is 1.37. The molecule has 4 aromatic rings. The van der Waals surface area contributed by atoms with E-state index in [1.165, 1.54) is 21.4 Å². The number of aromatic nitrogens is 3. The molecule has 0 bridgehead atoms. The first-order valence-electron chi connectivity index (χ1n) is 8.90. The van der Waals surface area contributed by atoms with Crippen LogP contribution in [0.1, 0.15) is 37.5 Å². The zero-order valence-corrected chi connectivity index (χ0v) is 16.7. The van der Waals surface area contributed by atoms with Crippen molar-refractivity contribution in [3.8, 4) is 11.4 Å². The van der Waals surface area contributed by atoms with E-state index >= 15 is 0 Å². The van der Waals surface area contributed by atoms with Crippen molar-refractivity contribution in [2.24, 2.45) is 0 Å². The maximum atomic E-state index is 12.7. The number of thiazole rings is 1. The number of benzene rings is 2. The SMILES string of the molecule is Cc1cccc(-c2nc3s/c(=C/c4ccc(C(C)(C)C)cc4)c(=O)n3n2)c1. The van der Waals surface area contributed by atoms with E-state index in [-0.39, 0.29) is 11.0 Å². The first-order chi connectivity index (χ1) is 12.8. The van der Waals surface area contributed by atoms with Gasteiger partial charge >= 0.3 is 0 Å². The van der Waals surface area contributed by atoms with Gasteiger partial charge in [-0.1, -0.05) is 80.1 Å². The van der Waals surface area contributed by atoms with Gasteiger partial charge in [-0.2, -0.15) is 9.50 Å². The zero-order valence-electron chi connectivity index (χ0n) is 15.9. The normalized spacial score (nSPS) is 12.8. The molecule has 136 valence electrons. The summed E-state index contributed by atoms with van der Waals surface area (Å²) < 4.78 is 2.04. The molecule has 27 heavy (non-hydrogen) atoms. The van der Waals surface area contributed by atoms with E-state index in [2.05, 4.69) is 43.0 Å². The summed E-state index contributed by atoms with van der Waals surface area (Å²) in [5, 5.41) is 4.42. The second-order valence-corrected chi connectivity index (χ2v) is 8.80. The number of aryl methyl sites for hydroxylation is 1. The Morgan fingerprint density at radius 1 is 1.07 bits per heavy atom. The van der Waals surface area contributed by atoms with E-state index in [9.17, 15) is 4.79 Å². The Morgan fingerprint density at radius 2 is 1.81 bits per heavy atom. The maximum absolute atomic E-state index is 12.7. The average Bonchev–Trinajstić information content (AvgIpc) is 3.15. The van der Waals surface area contributed by atoms with Crippen LogP contribution in [0.3, 0.4) is 0 Å². The standard InChI is InChI=1S/C22H21N3OS/c1-14-6-5-7-16(12-14)19-23-21-25(24-19)20(26)18(27-21)13-15-8-10-17(11-9-15)22(2,3)4/h5-13H,1-4H3/b18-13+. The Labute approximate surface area is 161 Å². The van der Waals surface area contributed by atoms with Crippen LogP contribution in [0.25, 0.3) is 22.4 Å². The van der Waals surface area contributed by atoms with Crippen molar-refractivity contribution in [2.75, 3.05) is 0 Å². The predicted molar refractivity (Wildman–Crippen MR) is 111 cm³/mol. The van der Waals surface area contributed by atoms with Crippen LogP contribution in [0, 0.1) is 6.92 Å². The van der Waals surface area contributed by atoms with Gasteiger partial charge in [0.1, 0.15) is 0 Å². The third-order valence-corrected chi connectivity index (χ3v) is 5.49. The third kappa shape index (κ3) is 3.43. The number of nitrogens with zero attached hydrogens (tertiary/aromatic N) is 3. The Kier molecular flexibility index (Phi) is 4.19. The van der Waals surface area contributed by atoms with Crippen molar-refractivity contribution in [1.29, 1.82) is 0 Å². The van der Waals surface area contributed by atoms with E-state index < -0.39 is 0 Å². The quantitative estimate of drug-likeness (QED) is 0.533. The Bertz CT molecular complexity index is 1230. The molecular weight excluding hydrogens is 354 g/mol. The second-order valence-electron chi connectivity index (χ2n) is 7.79. The topological polar surface area (TPSA) is 47.3 Å². The predicted octanol–water partition coefficient (Wildman–Crippen LogP) is 3.97. The van der Waals surface area contributed by atoms with Crippen molar-refractivity contribution >= 4 is 22.4 Å². The summed E-state index contributed by atoms with van der Waals surface area (Å²) in [7, 11) is 0. The molecule has 4 nitrogen and oxygen atoms in total. The minimum atomic E-state index is -0.124. The fraction of sp³-hybridized carbons (Fsp3) is 0.227. The van der Waals surface area contributed by atoms with E-state index in [0.717, 1.165) is 16.7 Å². The van der Waals surface area contributed by atoms with E-state index in [1.54, 1.807) is 0 Å². The van der Waals surface area contributed by atoms with Gasteiger partial charge in [-0.25, -0.2) is 0 Å². The van der Waals surface area contributed by atoms with Crippen LogP contribution in [-0.4, -0.2) is 14.6 Å².